The van der Waals surface area contributed by atoms with Crippen molar-refractivity contribution >= 4 is 40.6 Å². The number of benzene rings is 1. The number of nitrogens with two attached hydrogens (primary N) is 1. The van der Waals surface area contributed by atoms with Gasteiger partial charge in [0.05, 0.1) is 12.9 Å². The molecule has 31 heavy (non-hydrogen) atoms. The van der Waals surface area contributed by atoms with Crippen LogP contribution in [0.3, 0.4) is 0 Å². The maximum atomic E-state index is 14.2. The second kappa shape index (κ2) is 7.35. The van der Waals surface area contributed by atoms with Crippen LogP contribution in [0.2, 0.25) is 10.2 Å². The maximum absolute atomic E-state index is 14.2. The molecular weight excluding hydrogens is 458 g/mol. The molecule has 162 valence electrons. The minimum Gasteiger partial charge on any atom is -0.392 e. The number of fused-ring (bicyclic) bond motifs is 1. The summed E-state index contributed by atoms with van der Waals surface area (Å²) in [6, 6.07) is 1.30. The third-order valence-electron chi connectivity index (χ3n) is 4.97. The topological polar surface area (TPSA) is 102 Å². The Morgan fingerprint density at radius 3 is 2.65 bits per heavy atom. The summed E-state index contributed by atoms with van der Waals surface area (Å²) in [7, 11) is 0. The summed E-state index contributed by atoms with van der Waals surface area (Å²) in [5, 5.41) is 4.06. The molecule has 0 radical (unpaired) electrons. The first-order valence-corrected chi connectivity index (χ1v) is 9.79. The monoisotopic (exact) mass is 471 g/mol. The molecule has 1 fully saturated rings. The summed E-state index contributed by atoms with van der Waals surface area (Å²) in [5.74, 6) is 4.71. The molecule has 0 saturated heterocycles. The summed E-state index contributed by atoms with van der Waals surface area (Å²) in [5.41, 5.74) is 1.58. The van der Waals surface area contributed by atoms with E-state index < -0.39 is 23.3 Å². The second-order valence-corrected chi connectivity index (χ2v) is 8.01. The van der Waals surface area contributed by atoms with Crippen LogP contribution in [0.5, 0.6) is 0 Å². The Morgan fingerprint density at radius 1 is 1.29 bits per heavy atom. The van der Waals surface area contributed by atoms with Crippen LogP contribution >= 0.6 is 23.2 Å². The van der Waals surface area contributed by atoms with Gasteiger partial charge in [0, 0.05) is 22.2 Å². The van der Waals surface area contributed by atoms with Crippen molar-refractivity contribution in [2.45, 2.75) is 31.1 Å². The van der Waals surface area contributed by atoms with Crippen LogP contribution in [-0.4, -0.2) is 21.8 Å². The van der Waals surface area contributed by atoms with Crippen LogP contribution in [0, 0.1) is 17.8 Å². The molecule has 1 aliphatic heterocycles. The zero-order valence-corrected chi connectivity index (χ0v) is 17.1. The summed E-state index contributed by atoms with van der Waals surface area (Å²) in [6.45, 7) is -0.157. The molecule has 4 rings (SSSR count). The highest BCUT2D eigenvalue weighted by Crippen LogP contribution is 2.45. The number of urea groups is 1. The van der Waals surface area contributed by atoms with Gasteiger partial charge in [-0.05, 0) is 30.5 Å². The standard InChI is InChI=1S/C19H14Cl2F3N5O2/c20-12-6-11-13(5-10(12)7-29-8-26-15(21)14(25)16(29)30)27-17(31)28-18(11,19(22,23)24)4-3-9-1-2-9/h5-6,8-9H,1-2,7,25H2,(H2,27,28,31)/t18-/m0/s1. The average molecular weight is 472 g/mol. The molecule has 2 aromatic rings. The molecule has 0 unspecified atom stereocenters. The summed E-state index contributed by atoms with van der Waals surface area (Å²) in [4.78, 5) is 28.2. The molecule has 2 heterocycles. The largest absolute Gasteiger partial charge is 0.427 e. The average Bonchev–Trinajstić information content (AvgIpc) is 3.51. The molecule has 4 N–H and O–H groups in total. The number of nitrogens with zero attached hydrogens (tertiary/aromatic N) is 2. The molecule has 2 aliphatic rings. The quantitative estimate of drug-likeness (QED) is 0.460. The van der Waals surface area contributed by atoms with Gasteiger partial charge < -0.3 is 16.4 Å². The van der Waals surface area contributed by atoms with Gasteiger partial charge in [-0.25, -0.2) is 9.78 Å². The molecule has 1 aliphatic carbocycles. The number of aromatic nitrogens is 2. The lowest BCUT2D eigenvalue weighted by Gasteiger charge is -2.37. The van der Waals surface area contributed by atoms with Crippen molar-refractivity contribution in [1.29, 1.82) is 0 Å². The number of anilines is 2. The van der Waals surface area contributed by atoms with Gasteiger partial charge >= 0.3 is 12.2 Å². The van der Waals surface area contributed by atoms with Crippen LogP contribution < -0.4 is 21.9 Å². The SMILES string of the molecule is Nc1c(Cl)ncn(Cc2cc3c(cc2Cl)[C@@](C#CC2CC2)(C(F)(F)F)NC(=O)N3)c1=O. The Bertz CT molecular complexity index is 1210. The molecule has 1 aromatic heterocycles. The number of alkyl halides is 3. The van der Waals surface area contributed by atoms with Gasteiger partial charge in [0.1, 0.15) is 5.69 Å². The zero-order valence-electron chi connectivity index (χ0n) is 15.6. The van der Waals surface area contributed by atoms with Crippen molar-refractivity contribution in [3.63, 3.8) is 0 Å². The highest BCUT2D eigenvalue weighted by Gasteiger charge is 2.59. The number of rotatable bonds is 2. The Kier molecular flexibility index (Phi) is 5.06. The van der Waals surface area contributed by atoms with E-state index in [0.29, 0.717) is 12.8 Å². The first kappa shape index (κ1) is 21.3. The van der Waals surface area contributed by atoms with Gasteiger partial charge in [-0.15, -0.1) is 0 Å². The van der Waals surface area contributed by atoms with Crippen LogP contribution in [0.4, 0.5) is 29.3 Å². The third-order valence-corrected chi connectivity index (χ3v) is 5.62. The van der Waals surface area contributed by atoms with Gasteiger partial charge in [0.2, 0.25) is 5.54 Å². The highest BCUT2D eigenvalue weighted by molar-refractivity contribution is 6.32. The first-order chi connectivity index (χ1) is 14.5. The zero-order chi connectivity index (χ0) is 22.6. The molecule has 0 spiro atoms. The van der Waals surface area contributed by atoms with Crippen LogP contribution in [0.25, 0.3) is 0 Å². The first-order valence-electron chi connectivity index (χ1n) is 9.04. The van der Waals surface area contributed by atoms with Crippen LogP contribution in [0.15, 0.2) is 23.3 Å². The second-order valence-electron chi connectivity index (χ2n) is 7.24. The van der Waals surface area contributed by atoms with Gasteiger partial charge in [0.15, 0.2) is 5.15 Å². The van der Waals surface area contributed by atoms with Crippen LogP contribution in [0.1, 0.15) is 24.0 Å². The fraction of sp³-hybridized carbons (Fsp3) is 0.316. The van der Waals surface area contributed by atoms with Gasteiger partial charge in [0.25, 0.3) is 5.56 Å². The molecule has 1 aromatic carbocycles. The predicted molar refractivity (Wildman–Crippen MR) is 109 cm³/mol. The van der Waals surface area contributed by atoms with E-state index in [9.17, 15) is 22.8 Å². The molecule has 0 bridgehead atoms. The molecule has 12 heteroatoms. The number of nitrogens with one attached hydrogen (secondary N) is 2. The Hall–Kier alpha value is -2.90. The van der Waals surface area contributed by atoms with E-state index in [-0.39, 0.29) is 45.1 Å². The number of carbonyl (C=O) groups excluding carboxylic acids is 1. The normalized spacial score (nSPS) is 20.2. The number of carbonyl (C=O) groups is 1. The lowest BCUT2D eigenvalue weighted by Crippen LogP contribution is -2.59. The Balaban J connectivity index is 1.83. The lowest BCUT2D eigenvalue weighted by molar-refractivity contribution is -0.178. The van der Waals surface area contributed by atoms with Crippen molar-refractivity contribution in [3.05, 3.63) is 50.1 Å². The van der Waals surface area contributed by atoms with Crippen molar-refractivity contribution in [2.75, 3.05) is 11.1 Å². The van der Waals surface area contributed by atoms with Crippen molar-refractivity contribution in [1.82, 2.24) is 14.9 Å². The molecular formula is C19H14Cl2F3N5O2. The fourth-order valence-corrected chi connectivity index (χ4v) is 3.50. The lowest BCUT2D eigenvalue weighted by atomic mass is 9.85. The van der Waals surface area contributed by atoms with Crippen molar-refractivity contribution in [2.24, 2.45) is 5.92 Å². The molecule has 2 amide bonds. The number of hydrogen-bond donors (Lipinski definition) is 3. The van der Waals surface area contributed by atoms with E-state index >= 15 is 0 Å². The summed E-state index contributed by atoms with van der Waals surface area (Å²) >= 11 is 12.0. The molecule has 7 nitrogen and oxygen atoms in total. The van der Waals surface area contributed by atoms with E-state index in [4.69, 9.17) is 28.9 Å². The predicted octanol–water partition coefficient (Wildman–Crippen LogP) is 3.49. The van der Waals surface area contributed by atoms with E-state index in [0.717, 1.165) is 17.0 Å². The van der Waals surface area contributed by atoms with Crippen LogP contribution in [-0.2, 0) is 12.1 Å². The number of nitrogen functional groups attached to an aromatic ring is 1. The van der Waals surface area contributed by atoms with Gasteiger partial charge in [-0.2, -0.15) is 13.2 Å². The fourth-order valence-electron chi connectivity index (χ4n) is 3.16. The summed E-state index contributed by atoms with van der Waals surface area (Å²) < 4.78 is 43.6. The van der Waals surface area contributed by atoms with E-state index in [1.807, 2.05) is 5.32 Å². The summed E-state index contributed by atoms with van der Waals surface area (Å²) in [6.07, 6.45) is -2.34. The Labute approximate surface area is 183 Å². The van der Waals surface area contributed by atoms with Gasteiger partial charge in [-0.3, -0.25) is 9.36 Å². The van der Waals surface area contributed by atoms with E-state index in [1.54, 1.807) is 0 Å². The minimum absolute atomic E-state index is 0.0565. The molecule has 1 saturated carbocycles. The molecule has 1 atom stereocenters. The maximum Gasteiger partial charge on any atom is 0.427 e. The number of halogens is 5. The van der Waals surface area contributed by atoms with Crippen molar-refractivity contribution in [3.8, 4) is 11.8 Å². The number of hydrogen-bond acceptors (Lipinski definition) is 4. The Morgan fingerprint density at radius 2 is 2.00 bits per heavy atom. The number of amides is 2. The van der Waals surface area contributed by atoms with E-state index in [2.05, 4.69) is 22.1 Å². The minimum atomic E-state index is -4.91. The van der Waals surface area contributed by atoms with Crippen molar-refractivity contribution < 1.29 is 18.0 Å². The highest BCUT2D eigenvalue weighted by atomic mass is 35.5. The third kappa shape index (κ3) is 3.79. The smallest absolute Gasteiger partial charge is 0.392 e. The van der Waals surface area contributed by atoms with Gasteiger partial charge in [-0.1, -0.05) is 35.0 Å². The van der Waals surface area contributed by atoms with E-state index in [1.165, 1.54) is 6.07 Å².